The lowest BCUT2D eigenvalue weighted by Gasteiger charge is -2.08. The monoisotopic (exact) mass is 303 g/mol. The van der Waals surface area contributed by atoms with Gasteiger partial charge in [0.1, 0.15) is 5.56 Å². The van der Waals surface area contributed by atoms with Crippen molar-refractivity contribution in [2.45, 2.75) is 6.92 Å². The summed E-state index contributed by atoms with van der Waals surface area (Å²) in [5, 5.41) is 11.1. The minimum absolute atomic E-state index is 0.0552. The number of aryl methyl sites for hydroxylation is 1. The van der Waals surface area contributed by atoms with Gasteiger partial charge >= 0.3 is 0 Å². The molecule has 0 saturated carbocycles. The number of rotatable bonds is 5. The van der Waals surface area contributed by atoms with Crippen LogP contribution in [-0.2, 0) is 0 Å². The third-order valence-electron chi connectivity index (χ3n) is 2.79. The average Bonchev–Trinajstić information content (AvgIpc) is 2.52. The summed E-state index contributed by atoms with van der Waals surface area (Å²) in [7, 11) is 1.45. The Balaban J connectivity index is 2.16. The highest BCUT2D eigenvalue weighted by Crippen LogP contribution is 2.22. The summed E-state index contributed by atoms with van der Waals surface area (Å²) in [4.78, 5) is 30.4. The van der Waals surface area contributed by atoms with Gasteiger partial charge in [-0.15, -0.1) is 0 Å². The average molecular weight is 303 g/mol. The molecule has 0 aliphatic rings. The van der Waals surface area contributed by atoms with Gasteiger partial charge in [0.2, 0.25) is 11.8 Å². The topological polar surface area (TPSA) is 119 Å². The van der Waals surface area contributed by atoms with Gasteiger partial charge in [0.25, 0.3) is 11.6 Å². The zero-order chi connectivity index (χ0) is 16.1. The molecule has 2 N–H and O–H groups in total. The van der Waals surface area contributed by atoms with Crippen LogP contribution in [0.15, 0.2) is 30.5 Å². The van der Waals surface area contributed by atoms with E-state index in [0.717, 1.165) is 0 Å². The molecule has 1 heterocycles. The molecule has 0 bridgehead atoms. The lowest BCUT2D eigenvalue weighted by molar-refractivity contribution is -0.385. The predicted molar refractivity (Wildman–Crippen MR) is 77.5 cm³/mol. The van der Waals surface area contributed by atoms with E-state index in [9.17, 15) is 14.9 Å². The molecule has 0 spiro atoms. The summed E-state index contributed by atoms with van der Waals surface area (Å²) in [5.74, 6) is -0.252. The summed E-state index contributed by atoms with van der Waals surface area (Å²) in [6, 6.07) is 6.04. The number of hydrazine groups is 1. The predicted octanol–water partition coefficient (Wildman–Crippen LogP) is 1.46. The van der Waals surface area contributed by atoms with Crippen LogP contribution in [0.25, 0.3) is 0 Å². The summed E-state index contributed by atoms with van der Waals surface area (Å²) in [6.45, 7) is 1.56. The fourth-order valence-corrected chi connectivity index (χ4v) is 1.78. The van der Waals surface area contributed by atoms with E-state index in [1.54, 1.807) is 25.1 Å². The number of aromatic nitrogens is 2. The molecule has 0 unspecified atom stereocenters. The first-order valence-electron chi connectivity index (χ1n) is 6.20. The Morgan fingerprint density at radius 2 is 2.14 bits per heavy atom. The fraction of sp³-hybridized carbons (Fsp3) is 0.154. The Morgan fingerprint density at radius 3 is 2.82 bits per heavy atom. The van der Waals surface area contributed by atoms with Crippen molar-refractivity contribution in [3.8, 4) is 5.88 Å². The van der Waals surface area contributed by atoms with Gasteiger partial charge in [0.15, 0.2) is 0 Å². The molecule has 0 fully saturated rings. The van der Waals surface area contributed by atoms with E-state index in [1.807, 2.05) is 0 Å². The number of nitrogens with one attached hydrogen (secondary N) is 2. The van der Waals surface area contributed by atoms with Gasteiger partial charge in [-0.3, -0.25) is 25.8 Å². The highest BCUT2D eigenvalue weighted by atomic mass is 16.6. The Morgan fingerprint density at radius 1 is 1.36 bits per heavy atom. The standard InChI is InChI=1S/C13H13N5O4/c1-8-4-3-5-9(11(8)18(20)21)12(19)16-17-13-14-7-6-10(15-13)22-2/h3-7H,1-2H3,(H,16,19)(H,14,15,17). The first kappa shape index (κ1) is 15.2. The van der Waals surface area contributed by atoms with Crippen LogP contribution in [0.5, 0.6) is 5.88 Å². The van der Waals surface area contributed by atoms with E-state index in [2.05, 4.69) is 20.8 Å². The van der Waals surface area contributed by atoms with E-state index in [4.69, 9.17) is 4.74 Å². The lowest BCUT2D eigenvalue weighted by atomic mass is 10.1. The summed E-state index contributed by atoms with van der Waals surface area (Å²) >= 11 is 0. The molecule has 1 amide bonds. The second kappa shape index (κ2) is 6.48. The first-order chi connectivity index (χ1) is 10.5. The molecule has 2 aromatic rings. The number of methoxy groups -OCH3 is 1. The molecule has 0 aliphatic heterocycles. The molecule has 0 atom stereocenters. The molecule has 2 rings (SSSR count). The normalized spacial score (nSPS) is 9.91. The quantitative estimate of drug-likeness (QED) is 0.633. The number of carbonyl (C=O) groups is 1. The van der Waals surface area contributed by atoms with Crippen molar-refractivity contribution in [2.24, 2.45) is 0 Å². The second-order valence-corrected chi connectivity index (χ2v) is 4.23. The van der Waals surface area contributed by atoms with Crippen molar-refractivity contribution in [1.29, 1.82) is 0 Å². The minimum atomic E-state index is -0.665. The van der Waals surface area contributed by atoms with E-state index in [0.29, 0.717) is 11.4 Å². The maximum Gasteiger partial charge on any atom is 0.285 e. The maximum absolute atomic E-state index is 12.1. The highest BCUT2D eigenvalue weighted by Gasteiger charge is 2.22. The Bertz CT molecular complexity index is 719. The number of hydrogen-bond acceptors (Lipinski definition) is 7. The third-order valence-corrected chi connectivity index (χ3v) is 2.79. The van der Waals surface area contributed by atoms with E-state index >= 15 is 0 Å². The Hall–Kier alpha value is -3.23. The van der Waals surface area contributed by atoms with Crippen molar-refractivity contribution in [2.75, 3.05) is 12.5 Å². The lowest BCUT2D eigenvalue weighted by Crippen LogP contribution is -2.31. The van der Waals surface area contributed by atoms with Gasteiger partial charge in [-0.05, 0) is 13.0 Å². The number of nitrogens with zero attached hydrogens (tertiary/aromatic N) is 3. The molecule has 0 aliphatic carbocycles. The number of para-hydroxylation sites is 1. The largest absolute Gasteiger partial charge is 0.481 e. The van der Waals surface area contributed by atoms with Gasteiger partial charge in [-0.25, -0.2) is 4.98 Å². The fourth-order valence-electron chi connectivity index (χ4n) is 1.78. The van der Waals surface area contributed by atoms with Gasteiger partial charge < -0.3 is 4.74 Å². The zero-order valence-electron chi connectivity index (χ0n) is 11.9. The molecule has 1 aromatic carbocycles. The molecule has 9 heteroatoms. The first-order valence-corrected chi connectivity index (χ1v) is 6.20. The number of amides is 1. The molecule has 0 radical (unpaired) electrons. The molecule has 114 valence electrons. The van der Waals surface area contributed by atoms with Gasteiger partial charge in [0.05, 0.1) is 12.0 Å². The smallest absolute Gasteiger partial charge is 0.285 e. The molecule has 9 nitrogen and oxygen atoms in total. The van der Waals surface area contributed by atoms with Gasteiger partial charge in [-0.2, -0.15) is 4.98 Å². The molecule has 0 saturated heterocycles. The van der Waals surface area contributed by atoms with Crippen molar-refractivity contribution < 1.29 is 14.5 Å². The zero-order valence-corrected chi connectivity index (χ0v) is 11.9. The van der Waals surface area contributed by atoms with E-state index in [1.165, 1.54) is 19.4 Å². The van der Waals surface area contributed by atoms with Crippen LogP contribution in [-0.4, -0.2) is 27.9 Å². The van der Waals surface area contributed by atoms with Crippen LogP contribution in [0.1, 0.15) is 15.9 Å². The number of anilines is 1. The van der Waals surface area contributed by atoms with Crippen LogP contribution in [0.4, 0.5) is 11.6 Å². The third kappa shape index (κ3) is 3.26. The molecular weight excluding hydrogens is 290 g/mol. The van der Waals surface area contributed by atoms with Crippen LogP contribution in [0, 0.1) is 17.0 Å². The Kier molecular flexibility index (Phi) is 4.47. The number of nitro benzene ring substituents is 1. The molecule has 22 heavy (non-hydrogen) atoms. The second-order valence-electron chi connectivity index (χ2n) is 4.23. The number of nitro groups is 1. The van der Waals surface area contributed by atoms with Crippen molar-refractivity contribution in [3.63, 3.8) is 0 Å². The Labute approximate surface area is 125 Å². The molecule has 1 aromatic heterocycles. The van der Waals surface area contributed by atoms with Crippen LogP contribution in [0.3, 0.4) is 0 Å². The van der Waals surface area contributed by atoms with Crippen molar-refractivity contribution in [3.05, 3.63) is 51.7 Å². The number of carbonyl (C=O) groups excluding carboxylic acids is 1. The number of ether oxygens (including phenoxy) is 1. The highest BCUT2D eigenvalue weighted by molar-refractivity contribution is 5.99. The van der Waals surface area contributed by atoms with Crippen LogP contribution in [0.2, 0.25) is 0 Å². The maximum atomic E-state index is 12.1. The minimum Gasteiger partial charge on any atom is -0.481 e. The van der Waals surface area contributed by atoms with E-state index < -0.39 is 10.8 Å². The summed E-state index contributed by atoms with van der Waals surface area (Å²) in [5.41, 5.74) is 4.89. The molecular formula is C13H13N5O4. The van der Waals surface area contributed by atoms with Crippen LogP contribution >= 0.6 is 0 Å². The van der Waals surface area contributed by atoms with Gasteiger partial charge in [-0.1, -0.05) is 12.1 Å². The SMILES string of the molecule is COc1ccnc(NNC(=O)c2cccc(C)c2[N+](=O)[O-])n1. The summed E-state index contributed by atoms with van der Waals surface area (Å²) in [6.07, 6.45) is 1.44. The van der Waals surface area contributed by atoms with Crippen molar-refractivity contribution >= 4 is 17.5 Å². The van der Waals surface area contributed by atoms with Gasteiger partial charge in [0, 0.05) is 17.8 Å². The van der Waals surface area contributed by atoms with Crippen LogP contribution < -0.4 is 15.6 Å². The number of benzene rings is 1. The summed E-state index contributed by atoms with van der Waals surface area (Å²) < 4.78 is 4.92. The number of hydrogen-bond donors (Lipinski definition) is 2. The van der Waals surface area contributed by atoms with Crippen molar-refractivity contribution in [1.82, 2.24) is 15.4 Å². The van der Waals surface area contributed by atoms with E-state index in [-0.39, 0.29) is 17.2 Å².